The Morgan fingerprint density at radius 1 is 1.55 bits per heavy atom. The Morgan fingerprint density at radius 3 is 2.55 bits per heavy atom. The van der Waals surface area contributed by atoms with E-state index in [9.17, 15) is 4.79 Å². The number of rotatable bonds is 2. The highest BCUT2D eigenvalue weighted by atomic mass is 35.5. The molecule has 1 heterocycles. The highest BCUT2D eigenvalue weighted by Crippen LogP contribution is 2.06. The number of halogens is 2. The Morgan fingerprint density at radius 2 is 2.18 bits per heavy atom. The number of hydrogen-bond donors (Lipinski definition) is 2. The minimum atomic E-state index is 0. The molecule has 0 amide bonds. The first kappa shape index (κ1) is 13.7. The molecular formula is C6H14Cl2N2O. The van der Waals surface area contributed by atoms with Gasteiger partial charge in [0, 0.05) is 12.5 Å². The molecule has 0 spiro atoms. The minimum Gasteiger partial charge on any atom is -0.324 e. The number of carbonyl (C=O) groups is 1. The molecule has 1 atom stereocenters. The molecule has 3 N–H and O–H groups in total. The number of carbonyl (C=O) groups excluding carboxylic acids is 1. The lowest BCUT2D eigenvalue weighted by Gasteiger charge is -2.01. The number of hydrogen-bond acceptors (Lipinski definition) is 3. The van der Waals surface area contributed by atoms with Crippen molar-refractivity contribution in [2.75, 3.05) is 19.6 Å². The van der Waals surface area contributed by atoms with Crippen LogP contribution in [0.3, 0.4) is 0 Å². The monoisotopic (exact) mass is 200 g/mol. The second-order valence-corrected chi connectivity index (χ2v) is 2.36. The van der Waals surface area contributed by atoms with Gasteiger partial charge in [0.25, 0.3) is 0 Å². The summed E-state index contributed by atoms with van der Waals surface area (Å²) in [5.41, 5.74) is 5.17. The Balaban J connectivity index is 0. The van der Waals surface area contributed by atoms with Crippen molar-refractivity contribution in [2.45, 2.75) is 6.42 Å². The van der Waals surface area contributed by atoms with Crippen molar-refractivity contribution >= 4 is 30.6 Å². The maximum absolute atomic E-state index is 10.8. The second kappa shape index (κ2) is 6.85. The Labute approximate surface area is 78.9 Å². The summed E-state index contributed by atoms with van der Waals surface area (Å²) in [7, 11) is 0. The molecule has 0 aromatic carbocycles. The number of ketones is 1. The van der Waals surface area contributed by atoms with Crippen LogP contribution < -0.4 is 11.1 Å². The van der Waals surface area contributed by atoms with Gasteiger partial charge in [0.1, 0.15) is 0 Å². The van der Waals surface area contributed by atoms with Gasteiger partial charge < -0.3 is 11.1 Å². The quantitative estimate of drug-likeness (QED) is 0.659. The zero-order valence-electron chi connectivity index (χ0n) is 6.21. The molecule has 5 heteroatoms. The van der Waals surface area contributed by atoms with Gasteiger partial charge in [0.05, 0.1) is 6.54 Å². The molecule has 0 bridgehead atoms. The van der Waals surface area contributed by atoms with Gasteiger partial charge >= 0.3 is 0 Å². The van der Waals surface area contributed by atoms with Gasteiger partial charge in [0.15, 0.2) is 5.78 Å². The Bertz CT molecular complexity index is 115. The maximum Gasteiger partial charge on any atom is 0.150 e. The van der Waals surface area contributed by atoms with Gasteiger partial charge in [0.2, 0.25) is 0 Å². The van der Waals surface area contributed by atoms with Gasteiger partial charge in [-0.15, -0.1) is 24.8 Å². The molecule has 11 heavy (non-hydrogen) atoms. The molecule has 1 saturated heterocycles. The first-order chi connectivity index (χ1) is 4.34. The highest BCUT2D eigenvalue weighted by Gasteiger charge is 2.20. The predicted molar refractivity (Wildman–Crippen MR) is 49.5 cm³/mol. The molecule has 3 nitrogen and oxygen atoms in total. The second-order valence-electron chi connectivity index (χ2n) is 2.36. The molecule has 1 aliphatic rings. The average Bonchev–Trinajstić information content (AvgIpc) is 2.37. The molecule has 1 aliphatic heterocycles. The van der Waals surface area contributed by atoms with Crippen LogP contribution in [0.15, 0.2) is 0 Å². The van der Waals surface area contributed by atoms with Gasteiger partial charge in [-0.3, -0.25) is 4.79 Å². The van der Waals surface area contributed by atoms with Crippen LogP contribution >= 0.6 is 24.8 Å². The third-order valence-corrected chi connectivity index (χ3v) is 1.72. The predicted octanol–water partition coefficient (Wildman–Crippen LogP) is -0.0327. The van der Waals surface area contributed by atoms with E-state index in [0.29, 0.717) is 0 Å². The molecule has 0 aromatic heterocycles. The van der Waals surface area contributed by atoms with Gasteiger partial charge in [-0.1, -0.05) is 0 Å². The SMILES string of the molecule is Cl.Cl.NCC(=O)[C@H]1CCNC1. The van der Waals surface area contributed by atoms with Crippen LogP contribution in [0, 0.1) is 5.92 Å². The van der Waals surface area contributed by atoms with Gasteiger partial charge in [-0.25, -0.2) is 0 Å². The molecule has 0 unspecified atom stereocenters. The molecule has 0 aliphatic carbocycles. The van der Waals surface area contributed by atoms with Crippen LogP contribution in [0.4, 0.5) is 0 Å². The lowest BCUT2D eigenvalue weighted by Crippen LogP contribution is -2.24. The Hall–Kier alpha value is 0.170. The van der Waals surface area contributed by atoms with Crippen molar-refractivity contribution in [2.24, 2.45) is 11.7 Å². The fourth-order valence-corrected chi connectivity index (χ4v) is 1.10. The summed E-state index contributed by atoms with van der Waals surface area (Å²) in [6.45, 7) is 2.00. The lowest BCUT2D eigenvalue weighted by molar-refractivity contribution is -0.120. The van der Waals surface area contributed by atoms with Gasteiger partial charge in [-0.05, 0) is 13.0 Å². The molecule has 1 rings (SSSR count). The van der Waals surface area contributed by atoms with E-state index >= 15 is 0 Å². The summed E-state index contributed by atoms with van der Waals surface area (Å²) in [6.07, 6.45) is 0.968. The molecule has 68 valence electrons. The number of nitrogens with one attached hydrogen (secondary N) is 1. The Kier molecular flexibility index (Phi) is 8.56. The zero-order chi connectivity index (χ0) is 6.69. The van der Waals surface area contributed by atoms with E-state index in [1.165, 1.54) is 0 Å². The van der Waals surface area contributed by atoms with Crippen molar-refractivity contribution in [3.63, 3.8) is 0 Å². The molecule has 0 aromatic rings. The molecule has 0 saturated carbocycles. The smallest absolute Gasteiger partial charge is 0.150 e. The summed E-state index contributed by atoms with van der Waals surface area (Å²) in [6, 6.07) is 0. The standard InChI is InChI=1S/C6H12N2O.2ClH/c7-3-6(9)5-1-2-8-4-5;;/h5,8H,1-4,7H2;2*1H/t5-;;/m0../s1. The van der Waals surface area contributed by atoms with Crippen LogP contribution in [-0.4, -0.2) is 25.4 Å². The zero-order valence-corrected chi connectivity index (χ0v) is 7.84. The van der Waals surface area contributed by atoms with Crippen molar-refractivity contribution < 1.29 is 4.79 Å². The van der Waals surface area contributed by atoms with E-state index in [2.05, 4.69) is 5.32 Å². The first-order valence-corrected chi connectivity index (χ1v) is 3.28. The third-order valence-electron chi connectivity index (χ3n) is 1.72. The maximum atomic E-state index is 10.8. The van der Waals surface area contributed by atoms with Gasteiger partial charge in [-0.2, -0.15) is 0 Å². The first-order valence-electron chi connectivity index (χ1n) is 3.28. The van der Waals surface area contributed by atoms with Crippen molar-refractivity contribution in [3.8, 4) is 0 Å². The van der Waals surface area contributed by atoms with Crippen LogP contribution in [-0.2, 0) is 4.79 Å². The van der Waals surface area contributed by atoms with Crippen molar-refractivity contribution in [1.29, 1.82) is 0 Å². The topological polar surface area (TPSA) is 55.1 Å². The molecule has 0 radical (unpaired) electrons. The molecular weight excluding hydrogens is 187 g/mol. The van der Waals surface area contributed by atoms with E-state index in [0.717, 1.165) is 19.5 Å². The van der Waals surface area contributed by atoms with E-state index in [1.54, 1.807) is 0 Å². The fourth-order valence-electron chi connectivity index (χ4n) is 1.10. The van der Waals surface area contributed by atoms with E-state index in [-0.39, 0.29) is 43.1 Å². The number of Topliss-reactive ketones (excluding diaryl/α,β-unsaturated/α-hetero) is 1. The van der Waals surface area contributed by atoms with Crippen LogP contribution in [0.2, 0.25) is 0 Å². The van der Waals surface area contributed by atoms with Crippen molar-refractivity contribution in [3.05, 3.63) is 0 Å². The normalized spacial score (nSPS) is 21.7. The third kappa shape index (κ3) is 3.91. The molecule has 1 fully saturated rings. The summed E-state index contributed by atoms with van der Waals surface area (Å²) in [5, 5.41) is 3.11. The van der Waals surface area contributed by atoms with Crippen LogP contribution in [0.5, 0.6) is 0 Å². The minimum absolute atomic E-state index is 0. The number of nitrogens with two attached hydrogens (primary N) is 1. The van der Waals surface area contributed by atoms with E-state index in [1.807, 2.05) is 0 Å². The van der Waals surface area contributed by atoms with E-state index in [4.69, 9.17) is 5.73 Å². The lowest BCUT2D eigenvalue weighted by atomic mass is 10.0. The summed E-state index contributed by atoms with van der Waals surface area (Å²) >= 11 is 0. The largest absolute Gasteiger partial charge is 0.324 e. The van der Waals surface area contributed by atoms with Crippen molar-refractivity contribution in [1.82, 2.24) is 5.32 Å². The average molecular weight is 201 g/mol. The fraction of sp³-hybridized carbons (Fsp3) is 0.833. The summed E-state index contributed by atoms with van der Waals surface area (Å²) in [4.78, 5) is 10.8. The van der Waals surface area contributed by atoms with Crippen LogP contribution in [0.1, 0.15) is 6.42 Å². The summed E-state index contributed by atoms with van der Waals surface area (Å²) in [5.74, 6) is 0.398. The van der Waals surface area contributed by atoms with Crippen LogP contribution in [0.25, 0.3) is 0 Å². The highest BCUT2D eigenvalue weighted by molar-refractivity contribution is 5.85. The summed E-state index contributed by atoms with van der Waals surface area (Å²) < 4.78 is 0. The van der Waals surface area contributed by atoms with E-state index < -0.39 is 0 Å².